The molecule has 10 heteroatoms. The molecule has 6 atom stereocenters. The van der Waals surface area contributed by atoms with E-state index >= 15 is 0 Å². The second-order valence-electron chi connectivity index (χ2n) is 5.27. The van der Waals surface area contributed by atoms with E-state index in [4.69, 9.17) is 4.74 Å². The summed E-state index contributed by atoms with van der Waals surface area (Å²) in [6.07, 6.45) is -8.93. The summed E-state index contributed by atoms with van der Waals surface area (Å²) < 4.78 is 44.0. The van der Waals surface area contributed by atoms with Crippen LogP contribution in [0, 0.1) is 0 Å². The average molecular weight is 342 g/mol. The van der Waals surface area contributed by atoms with E-state index < -0.39 is 41.6 Å². The molecule has 0 aromatic heterocycles. The minimum atomic E-state index is -5.01. The molecule has 0 spiro atoms. The van der Waals surface area contributed by atoms with Gasteiger partial charge >= 0.3 is 6.18 Å². The van der Waals surface area contributed by atoms with Gasteiger partial charge in [0.1, 0.15) is 23.7 Å². The third-order valence-electron chi connectivity index (χ3n) is 3.61. The Morgan fingerprint density at radius 1 is 1.41 bits per heavy atom. The van der Waals surface area contributed by atoms with Gasteiger partial charge in [0.05, 0.1) is 12.6 Å². The molecule has 0 aromatic carbocycles. The molecule has 22 heavy (non-hydrogen) atoms. The van der Waals surface area contributed by atoms with Gasteiger partial charge in [0.15, 0.2) is 10.8 Å². The van der Waals surface area contributed by atoms with Crippen LogP contribution in [0.1, 0.15) is 6.92 Å². The lowest BCUT2D eigenvalue weighted by atomic mass is 9.87. The van der Waals surface area contributed by atoms with Crippen molar-refractivity contribution in [3.8, 4) is 0 Å². The number of ether oxygens (including phenoxy) is 1. The SMILES string of the molecule is C=CCN=C1NC2C(OC([C@](C)(O)C(F)(F)F)C(O)C2O)S1. The standard InChI is InChI=1S/C12H17F3N2O4S/c1-3-4-16-10-17-5-6(18)7(19)8(21-9(5)22-10)11(2,20)12(13,14)15/h3,5-9,18-20H,1,4H2,2H3,(H,16,17)/t5?,6?,7?,8?,9?,11-/m0/s1. The molecule has 126 valence electrons. The quantitative estimate of drug-likeness (QED) is 0.539. The predicted octanol–water partition coefficient (Wildman–Crippen LogP) is -0.00660. The van der Waals surface area contributed by atoms with Crippen molar-refractivity contribution in [2.45, 2.75) is 48.5 Å². The smallest absolute Gasteiger partial charge is 0.388 e. The number of nitrogens with zero attached hydrogens (tertiary/aromatic N) is 1. The van der Waals surface area contributed by atoms with Crippen molar-refractivity contribution < 1.29 is 33.2 Å². The van der Waals surface area contributed by atoms with E-state index in [-0.39, 0.29) is 6.54 Å². The third kappa shape index (κ3) is 2.98. The van der Waals surface area contributed by atoms with E-state index in [9.17, 15) is 28.5 Å². The van der Waals surface area contributed by atoms with Gasteiger partial charge in [-0.2, -0.15) is 13.2 Å². The fraction of sp³-hybridized carbons (Fsp3) is 0.750. The number of fused-ring (bicyclic) bond motifs is 1. The molecule has 5 unspecified atom stereocenters. The van der Waals surface area contributed by atoms with Crippen molar-refractivity contribution in [2.24, 2.45) is 4.99 Å². The molecule has 2 aliphatic rings. The maximum Gasteiger partial charge on any atom is 0.419 e. The Hall–Kier alpha value is -0.810. The molecule has 6 nitrogen and oxygen atoms in total. The lowest BCUT2D eigenvalue weighted by molar-refractivity contribution is -0.318. The van der Waals surface area contributed by atoms with Crippen LogP contribution in [-0.4, -0.2) is 68.6 Å². The molecular formula is C12H17F3N2O4S. The van der Waals surface area contributed by atoms with Crippen LogP contribution in [0.2, 0.25) is 0 Å². The number of aliphatic imine (C=N–C) groups is 1. The maximum atomic E-state index is 12.9. The van der Waals surface area contributed by atoms with Crippen LogP contribution in [0.25, 0.3) is 0 Å². The summed E-state index contributed by atoms with van der Waals surface area (Å²) >= 11 is 0.990. The van der Waals surface area contributed by atoms with Gasteiger partial charge < -0.3 is 25.4 Å². The Bertz CT molecular complexity index is 472. The largest absolute Gasteiger partial charge is 0.419 e. The summed E-state index contributed by atoms with van der Waals surface area (Å²) in [5.41, 5.74) is -4.19. The van der Waals surface area contributed by atoms with Gasteiger partial charge in [0.2, 0.25) is 0 Å². The monoisotopic (exact) mass is 342 g/mol. The Labute approximate surface area is 129 Å². The van der Waals surface area contributed by atoms with Gasteiger partial charge in [0.25, 0.3) is 0 Å². The third-order valence-corrected chi connectivity index (χ3v) is 4.72. The van der Waals surface area contributed by atoms with Gasteiger partial charge in [-0.25, -0.2) is 0 Å². The summed E-state index contributed by atoms with van der Waals surface area (Å²) in [7, 11) is 0. The first-order valence-corrected chi connectivity index (χ1v) is 7.36. The molecule has 0 amide bonds. The number of thioether (sulfide) groups is 1. The van der Waals surface area contributed by atoms with Crippen LogP contribution in [0.3, 0.4) is 0 Å². The zero-order valence-corrected chi connectivity index (χ0v) is 12.4. The van der Waals surface area contributed by atoms with Crippen LogP contribution in [0.5, 0.6) is 0 Å². The highest BCUT2D eigenvalue weighted by Crippen LogP contribution is 2.42. The predicted molar refractivity (Wildman–Crippen MR) is 74.4 cm³/mol. The summed E-state index contributed by atoms with van der Waals surface area (Å²) in [4.78, 5) is 4.05. The van der Waals surface area contributed by atoms with Crippen molar-refractivity contribution in [1.29, 1.82) is 0 Å². The van der Waals surface area contributed by atoms with Gasteiger partial charge in [0, 0.05) is 0 Å². The van der Waals surface area contributed by atoms with E-state index in [1.165, 1.54) is 6.08 Å². The first-order chi connectivity index (χ1) is 10.1. The summed E-state index contributed by atoms with van der Waals surface area (Å²) in [6.45, 7) is 4.28. The van der Waals surface area contributed by atoms with Gasteiger partial charge in [-0.15, -0.1) is 6.58 Å². The Kier molecular flexibility index (Phi) is 4.79. The maximum absolute atomic E-state index is 12.9. The van der Waals surface area contributed by atoms with Crippen LogP contribution in [0.4, 0.5) is 13.2 Å². The zero-order chi connectivity index (χ0) is 16.7. The Morgan fingerprint density at radius 3 is 2.59 bits per heavy atom. The van der Waals surface area contributed by atoms with Gasteiger partial charge in [-0.1, -0.05) is 17.8 Å². The van der Waals surface area contributed by atoms with Crippen molar-refractivity contribution in [3.05, 3.63) is 12.7 Å². The molecule has 2 aliphatic heterocycles. The molecule has 2 saturated heterocycles. The number of alkyl halides is 3. The van der Waals surface area contributed by atoms with Crippen LogP contribution in [-0.2, 0) is 4.74 Å². The summed E-state index contributed by atoms with van der Waals surface area (Å²) in [5, 5.41) is 32.8. The number of nitrogens with one attached hydrogen (secondary N) is 1. The van der Waals surface area contributed by atoms with Crippen LogP contribution < -0.4 is 5.32 Å². The molecule has 4 N–H and O–H groups in total. The van der Waals surface area contributed by atoms with Crippen molar-refractivity contribution in [2.75, 3.05) is 6.54 Å². The topological polar surface area (TPSA) is 94.3 Å². The zero-order valence-electron chi connectivity index (χ0n) is 11.6. The number of hydrogen-bond acceptors (Lipinski definition) is 6. The van der Waals surface area contributed by atoms with Crippen molar-refractivity contribution in [1.82, 2.24) is 5.32 Å². The molecular weight excluding hydrogens is 325 g/mol. The van der Waals surface area contributed by atoms with E-state index in [0.29, 0.717) is 12.1 Å². The first kappa shape index (κ1) is 17.5. The highest BCUT2D eigenvalue weighted by molar-refractivity contribution is 8.14. The molecule has 0 aromatic rings. The van der Waals surface area contributed by atoms with Gasteiger partial charge in [-0.3, -0.25) is 4.99 Å². The lowest BCUT2D eigenvalue weighted by Gasteiger charge is -2.45. The minimum absolute atomic E-state index is 0.289. The number of aliphatic hydroxyl groups is 3. The molecule has 2 rings (SSSR count). The Balaban J connectivity index is 2.21. The van der Waals surface area contributed by atoms with E-state index in [2.05, 4.69) is 16.9 Å². The second kappa shape index (κ2) is 6.00. The number of halogens is 3. The van der Waals surface area contributed by atoms with E-state index in [0.717, 1.165) is 11.8 Å². The number of rotatable bonds is 3. The average Bonchev–Trinajstić information content (AvgIpc) is 2.82. The summed E-state index contributed by atoms with van der Waals surface area (Å²) in [5.74, 6) is 0. The fourth-order valence-electron chi connectivity index (χ4n) is 2.26. The summed E-state index contributed by atoms with van der Waals surface area (Å²) in [6, 6.07) is -0.816. The fourth-order valence-corrected chi connectivity index (χ4v) is 3.38. The second-order valence-corrected chi connectivity index (χ2v) is 6.36. The van der Waals surface area contributed by atoms with E-state index in [1.807, 2.05) is 0 Å². The highest BCUT2D eigenvalue weighted by Gasteiger charge is 2.63. The lowest BCUT2D eigenvalue weighted by Crippen LogP contribution is -2.67. The van der Waals surface area contributed by atoms with E-state index in [1.54, 1.807) is 0 Å². The van der Waals surface area contributed by atoms with Crippen molar-refractivity contribution in [3.63, 3.8) is 0 Å². The highest BCUT2D eigenvalue weighted by atomic mass is 32.2. The Morgan fingerprint density at radius 2 is 2.05 bits per heavy atom. The molecule has 2 fully saturated rings. The number of hydrogen-bond donors (Lipinski definition) is 4. The number of amidine groups is 1. The normalized spacial score (nSPS) is 40.0. The molecule has 0 aliphatic carbocycles. The molecule has 0 saturated carbocycles. The minimum Gasteiger partial charge on any atom is -0.388 e. The van der Waals surface area contributed by atoms with Crippen molar-refractivity contribution >= 4 is 16.9 Å². The van der Waals surface area contributed by atoms with Crippen LogP contribution in [0.15, 0.2) is 17.6 Å². The first-order valence-electron chi connectivity index (χ1n) is 6.49. The molecule has 0 bridgehead atoms. The van der Waals surface area contributed by atoms with Crippen LogP contribution >= 0.6 is 11.8 Å². The molecule has 2 heterocycles. The number of aliphatic hydroxyl groups excluding tert-OH is 2. The van der Waals surface area contributed by atoms with Gasteiger partial charge in [-0.05, 0) is 6.92 Å². The molecule has 0 radical (unpaired) electrons.